The minimum atomic E-state index is -0.127. The average Bonchev–Trinajstić information content (AvgIpc) is 2.27. The molecule has 1 aromatic carbocycles. The summed E-state index contributed by atoms with van der Waals surface area (Å²) < 4.78 is 0. The van der Waals surface area contributed by atoms with Crippen molar-refractivity contribution in [1.29, 1.82) is 0 Å². The molecular formula is C11H17NO3. The fourth-order valence-corrected chi connectivity index (χ4v) is 1.41. The SMILES string of the molecule is COOCC(N)Cc1ccccc1CO. The van der Waals surface area contributed by atoms with Gasteiger partial charge in [0, 0.05) is 6.04 Å². The first kappa shape index (κ1) is 12.1. The quantitative estimate of drug-likeness (QED) is 0.535. The van der Waals surface area contributed by atoms with Gasteiger partial charge in [-0.3, -0.25) is 0 Å². The Kier molecular flexibility index (Phi) is 5.28. The Hall–Kier alpha value is -0.940. The zero-order valence-corrected chi connectivity index (χ0v) is 8.85. The summed E-state index contributed by atoms with van der Waals surface area (Å²) in [4.78, 5) is 9.23. The van der Waals surface area contributed by atoms with E-state index in [4.69, 9.17) is 15.7 Å². The van der Waals surface area contributed by atoms with Crippen molar-refractivity contribution in [3.63, 3.8) is 0 Å². The third kappa shape index (κ3) is 3.97. The maximum absolute atomic E-state index is 9.11. The predicted molar refractivity (Wildman–Crippen MR) is 57.0 cm³/mol. The van der Waals surface area contributed by atoms with Crippen LogP contribution in [0.4, 0.5) is 0 Å². The van der Waals surface area contributed by atoms with Gasteiger partial charge in [-0.05, 0) is 17.5 Å². The molecule has 15 heavy (non-hydrogen) atoms. The number of nitrogens with two attached hydrogens (primary N) is 1. The maximum atomic E-state index is 9.11. The molecule has 0 saturated carbocycles. The molecule has 3 N–H and O–H groups in total. The topological polar surface area (TPSA) is 64.7 Å². The molecular weight excluding hydrogens is 194 g/mol. The molecule has 0 bridgehead atoms. The first-order valence-electron chi connectivity index (χ1n) is 4.86. The van der Waals surface area contributed by atoms with Crippen molar-refractivity contribution in [3.05, 3.63) is 35.4 Å². The Morgan fingerprint density at radius 2 is 2.00 bits per heavy atom. The summed E-state index contributed by atoms with van der Waals surface area (Å²) in [7, 11) is 1.45. The smallest absolute Gasteiger partial charge is 0.0976 e. The highest BCUT2D eigenvalue weighted by Gasteiger charge is 2.07. The summed E-state index contributed by atoms with van der Waals surface area (Å²) in [5.41, 5.74) is 7.78. The Morgan fingerprint density at radius 3 is 2.60 bits per heavy atom. The molecule has 0 saturated heterocycles. The van der Waals surface area contributed by atoms with Gasteiger partial charge in [0.05, 0.1) is 20.3 Å². The molecule has 4 heteroatoms. The molecule has 84 valence electrons. The van der Waals surface area contributed by atoms with Gasteiger partial charge in [0.15, 0.2) is 0 Å². The van der Waals surface area contributed by atoms with Crippen molar-refractivity contribution >= 4 is 0 Å². The molecule has 0 aliphatic heterocycles. The van der Waals surface area contributed by atoms with Crippen molar-refractivity contribution in [1.82, 2.24) is 0 Å². The van der Waals surface area contributed by atoms with E-state index in [1.165, 1.54) is 7.11 Å². The molecule has 0 aliphatic carbocycles. The van der Waals surface area contributed by atoms with E-state index in [0.29, 0.717) is 13.0 Å². The van der Waals surface area contributed by atoms with Crippen molar-refractivity contribution in [2.45, 2.75) is 19.1 Å². The van der Waals surface area contributed by atoms with Crippen LogP contribution in [0.2, 0.25) is 0 Å². The number of aliphatic hydroxyl groups excluding tert-OH is 1. The van der Waals surface area contributed by atoms with Crippen LogP contribution in [0.15, 0.2) is 24.3 Å². The molecule has 0 heterocycles. The van der Waals surface area contributed by atoms with Crippen LogP contribution in [-0.4, -0.2) is 24.9 Å². The molecule has 0 spiro atoms. The van der Waals surface area contributed by atoms with Gasteiger partial charge in [-0.25, -0.2) is 9.78 Å². The lowest BCUT2D eigenvalue weighted by Crippen LogP contribution is -2.28. The Balaban J connectivity index is 2.55. The van der Waals surface area contributed by atoms with Gasteiger partial charge in [-0.15, -0.1) is 0 Å². The molecule has 4 nitrogen and oxygen atoms in total. The fraction of sp³-hybridized carbons (Fsp3) is 0.455. The lowest BCUT2D eigenvalue weighted by atomic mass is 10.0. The van der Waals surface area contributed by atoms with Gasteiger partial charge >= 0.3 is 0 Å². The Labute approximate surface area is 89.5 Å². The molecule has 0 amide bonds. The summed E-state index contributed by atoms with van der Waals surface area (Å²) >= 11 is 0. The number of benzene rings is 1. The molecule has 1 rings (SSSR count). The molecule has 0 aromatic heterocycles. The summed E-state index contributed by atoms with van der Waals surface area (Å²) in [6.07, 6.45) is 0.667. The Bertz CT molecular complexity index is 291. The van der Waals surface area contributed by atoms with Crippen LogP contribution in [0.3, 0.4) is 0 Å². The highest BCUT2D eigenvalue weighted by molar-refractivity contribution is 5.27. The second-order valence-electron chi connectivity index (χ2n) is 3.34. The predicted octanol–water partition coefficient (Wildman–Crippen LogP) is 0.627. The lowest BCUT2D eigenvalue weighted by molar-refractivity contribution is -0.274. The molecule has 1 atom stereocenters. The first-order chi connectivity index (χ1) is 7.27. The summed E-state index contributed by atoms with van der Waals surface area (Å²) in [5.74, 6) is 0. The minimum absolute atomic E-state index is 0.0357. The second kappa shape index (κ2) is 6.53. The van der Waals surface area contributed by atoms with Crippen LogP contribution in [0, 0.1) is 0 Å². The molecule has 0 radical (unpaired) electrons. The molecule has 0 fully saturated rings. The number of rotatable bonds is 6. The summed E-state index contributed by atoms with van der Waals surface area (Å²) in [6.45, 7) is 0.379. The number of hydrogen-bond acceptors (Lipinski definition) is 4. The van der Waals surface area contributed by atoms with Crippen LogP contribution < -0.4 is 5.73 Å². The largest absolute Gasteiger partial charge is 0.392 e. The third-order valence-corrected chi connectivity index (χ3v) is 2.17. The monoisotopic (exact) mass is 211 g/mol. The highest BCUT2D eigenvalue weighted by atomic mass is 17.2. The number of hydrogen-bond donors (Lipinski definition) is 2. The van der Waals surface area contributed by atoms with E-state index in [1.807, 2.05) is 24.3 Å². The Morgan fingerprint density at radius 1 is 1.33 bits per heavy atom. The van der Waals surface area contributed by atoms with E-state index in [1.54, 1.807) is 0 Å². The van der Waals surface area contributed by atoms with E-state index in [0.717, 1.165) is 11.1 Å². The van der Waals surface area contributed by atoms with Crippen LogP contribution in [0.5, 0.6) is 0 Å². The normalized spacial score (nSPS) is 12.7. The highest BCUT2D eigenvalue weighted by Crippen LogP contribution is 2.10. The molecule has 1 aromatic rings. The van der Waals surface area contributed by atoms with Crippen LogP contribution in [0.25, 0.3) is 0 Å². The van der Waals surface area contributed by atoms with Crippen LogP contribution in [-0.2, 0) is 22.8 Å². The van der Waals surface area contributed by atoms with E-state index >= 15 is 0 Å². The van der Waals surface area contributed by atoms with Crippen molar-refractivity contribution < 1.29 is 14.9 Å². The maximum Gasteiger partial charge on any atom is 0.0976 e. The lowest BCUT2D eigenvalue weighted by Gasteiger charge is -2.12. The van der Waals surface area contributed by atoms with Gasteiger partial charge in [0.2, 0.25) is 0 Å². The molecule has 0 aliphatic rings. The standard InChI is InChI=1S/C11H17NO3/c1-14-15-8-11(12)6-9-4-2-3-5-10(9)7-13/h2-5,11,13H,6-8,12H2,1H3. The van der Waals surface area contributed by atoms with E-state index in [2.05, 4.69) is 4.89 Å². The third-order valence-electron chi connectivity index (χ3n) is 2.17. The van der Waals surface area contributed by atoms with Crippen molar-refractivity contribution in [2.75, 3.05) is 13.7 Å². The fourth-order valence-electron chi connectivity index (χ4n) is 1.41. The summed E-state index contributed by atoms with van der Waals surface area (Å²) in [5, 5.41) is 9.11. The minimum Gasteiger partial charge on any atom is -0.392 e. The zero-order valence-electron chi connectivity index (χ0n) is 8.85. The van der Waals surface area contributed by atoms with E-state index in [-0.39, 0.29) is 12.6 Å². The van der Waals surface area contributed by atoms with E-state index < -0.39 is 0 Å². The van der Waals surface area contributed by atoms with Gasteiger partial charge in [0.1, 0.15) is 0 Å². The van der Waals surface area contributed by atoms with Gasteiger partial charge in [-0.2, -0.15) is 0 Å². The summed E-state index contributed by atoms with van der Waals surface area (Å²) in [6, 6.07) is 7.54. The number of aliphatic hydroxyl groups is 1. The molecule has 1 unspecified atom stereocenters. The van der Waals surface area contributed by atoms with Crippen LogP contribution in [0.1, 0.15) is 11.1 Å². The zero-order chi connectivity index (χ0) is 11.1. The van der Waals surface area contributed by atoms with E-state index in [9.17, 15) is 0 Å². The van der Waals surface area contributed by atoms with Gasteiger partial charge in [0.25, 0.3) is 0 Å². The van der Waals surface area contributed by atoms with Gasteiger partial charge in [-0.1, -0.05) is 24.3 Å². The van der Waals surface area contributed by atoms with Crippen molar-refractivity contribution in [2.24, 2.45) is 5.73 Å². The van der Waals surface area contributed by atoms with Crippen molar-refractivity contribution in [3.8, 4) is 0 Å². The second-order valence-corrected chi connectivity index (χ2v) is 3.34. The van der Waals surface area contributed by atoms with Gasteiger partial charge < -0.3 is 10.8 Å². The first-order valence-corrected chi connectivity index (χ1v) is 4.86. The average molecular weight is 211 g/mol. The van der Waals surface area contributed by atoms with Crippen LogP contribution >= 0.6 is 0 Å².